The van der Waals surface area contributed by atoms with Crippen LogP contribution in [0.3, 0.4) is 0 Å². The predicted molar refractivity (Wildman–Crippen MR) is 79.3 cm³/mol. The fourth-order valence-electron chi connectivity index (χ4n) is 2.08. The Morgan fingerprint density at radius 3 is 2.35 bits per heavy atom. The Kier molecular flexibility index (Phi) is 3.39. The minimum Gasteiger partial charge on any atom is -0.478 e. The Morgan fingerprint density at radius 1 is 0.950 bits per heavy atom. The van der Waals surface area contributed by atoms with Gasteiger partial charge in [0.05, 0.1) is 5.56 Å². The lowest BCUT2D eigenvalue weighted by Crippen LogP contribution is -1.97. The molecule has 20 heavy (non-hydrogen) atoms. The molecular formula is C16H11NO2S. The standard InChI is InChI=1S/C16H11NO2S/c18-16(19)14-5-6-15(13-4-2-1-3-12(13)14)20-11-7-9-17-10-8-11/h1-10H,(H,18,19). The molecule has 98 valence electrons. The Labute approximate surface area is 120 Å². The first-order chi connectivity index (χ1) is 9.75. The Bertz CT molecular complexity index is 772. The molecule has 0 unspecified atom stereocenters. The number of aromatic nitrogens is 1. The van der Waals surface area contributed by atoms with Crippen molar-refractivity contribution in [1.29, 1.82) is 0 Å². The van der Waals surface area contributed by atoms with Crippen LogP contribution < -0.4 is 0 Å². The van der Waals surface area contributed by atoms with Crippen LogP contribution in [-0.2, 0) is 0 Å². The fourth-order valence-corrected chi connectivity index (χ4v) is 3.02. The molecule has 0 fully saturated rings. The van der Waals surface area contributed by atoms with Gasteiger partial charge >= 0.3 is 5.97 Å². The van der Waals surface area contributed by atoms with E-state index in [2.05, 4.69) is 4.98 Å². The van der Waals surface area contributed by atoms with E-state index in [0.717, 1.165) is 20.6 Å². The van der Waals surface area contributed by atoms with Crippen LogP contribution in [0.2, 0.25) is 0 Å². The third kappa shape index (κ3) is 2.38. The maximum absolute atomic E-state index is 11.3. The van der Waals surface area contributed by atoms with Crippen LogP contribution >= 0.6 is 11.8 Å². The second kappa shape index (κ2) is 5.35. The monoisotopic (exact) mass is 281 g/mol. The van der Waals surface area contributed by atoms with E-state index in [0.29, 0.717) is 5.56 Å². The van der Waals surface area contributed by atoms with E-state index < -0.39 is 5.97 Å². The van der Waals surface area contributed by atoms with Crippen molar-refractivity contribution in [2.24, 2.45) is 0 Å². The number of nitrogens with zero attached hydrogens (tertiary/aromatic N) is 1. The summed E-state index contributed by atoms with van der Waals surface area (Å²) in [7, 11) is 0. The molecular weight excluding hydrogens is 270 g/mol. The van der Waals surface area contributed by atoms with Gasteiger partial charge in [-0.2, -0.15) is 0 Å². The lowest BCUT2D eigenvalue weighted by Gasteiger charge is -2.08. The zero-order valence-corrected chi connectivity index (χ0v) is 11.3. The maximum Gasteiger partial charge on any atom is 0.336 e. The second-order valence-electron chi connectivity index (χ2n) is 4.25. The number of carbonyl (C=O) groups is 1. The zero-order valence-electron chi connectivity index (χ0n) is 10.5. The third-order valence-corrected chi connectivity index (χ3v) is 4.08. The van der Waals surface area contributed by atoms with Gasteiger partial charge in [0.15, 0.2) is 0 Å². The topological polar surface area (TPSA) is 50.2 Å². The Balaban J connectivity index is 2.13. The first kappa shape index (κ1) is 12.7. The summed E-state index contributed by atoms with van der Waals surface area (Å²) >= 11 is 1.60. The average Bonchev–Trinajstić information content (AvgIpc) is 2.48. The van der Waals surface area contributed by atoms with Crippen LogP contribution in [0.4, 0.5) is 0 Å². The summed E-state index contributed by atoms with van der Waals surface area (Å²) < 4.78 is 0. The van der Waals surface area contributed by atoms with E-state index in [-0.39, 0.29) is 0 Å². The molecule has 0 atom stereocenters. The predicted octanol–water partition coefficient (Wildman–Crippen LogP) is 4.08. The molecule has 0 amide bonds. The van der Waals surface area contributed by atoms with E-state index in [4.69, 9.17) is 0 Å². The molecule has 1 aromatic heterocycles. The maximum atomic E-state index is 11.3. The molecule has 0 saturated carbocycles. The number of carboxylic acids is 1. The highest BCUT2D eigenvalue weighted by Gasteiger charge is 2.11. The van der Waals surface area contributed by atoms with Crippen LogP contribution in [0.1, 0.15) is 10.4 Å². The van der Waals surface area contributed by atoms with Crippen LogP contribution in [0.25, 0.3) is 10.8 Å². The second-order valence-corrected chi connectivity index (χ2v) is 5.36. The van der Waals surface area contributed by atoms with Gasteiger partial charge in [0, 0.05) is 22.2 Å². The van der Waals surface area contributed by atoms with Crippen molar-refractivity contribution in [3.63, 3.8) is 0 Å². The van der Waals surface area contributed by atoms with Gasteiger partial charge < -0.3 is 5.11 Å². The molecule has 3 aromatic rings. The minimum atomic E-state index is -0.901. The molecule has 0 spiro atoms. The third-order valence-electron chi connectivity index (χ3n) is 2.99. The van der Waals surface area contributed by atoms with Crippen molar-refractivity contribution in [2.45, 2.75) is 9.79 Å². The van der Waals surface area contributed by atoms with Crippen LogP contribution in [0, 0.1) is 0 Å². The van der Waals surface area contributed by atoms with Crippen molar-refractivity contribution in [3.8, 4) is 0 Å². The molecule has 1 N–H and O–H groups in total. The largest absolute Gasteiger partial charge is 0.478 e. The summed E-state index contributed by atoms with van der Waals surface area (Å²) in [6, 6.07) is 15.0. The number of carboxylic acid groups (broad SMARTS) is 1. The number of fused-ring (bicyclic) bond motifs is 1. The number of rotatable bonds is 3. The van der Waals surface area contributed by atoms with Gasteiger partial charge in [-0.25, -0.2) is 4.79 Å². The van der Waals surface area contributed by atoms with E-state index in [1.54, 1.807) is 30.2 Å². The number of hydrogen-bond donors (Lipinski definition) is 1. The summed E-state index contributed by atoms with van der Waals surface area (Å²) in [5.41, 5.74) is 0.333. The summed E-state index contributed by atoms with van der Waals surface area (Å²) in [6.07, 6.45) is 3.49. The highest BCUT2D eigenvalue weighted by molar-refractivity contribution is 7.99. The Morgan fingerprint density at radius 2 is 1.65 bits per heavy atom. The number of benzene rings is 2. The van der Waals surface area contributed by atoms with E-state index in [9.17, 15) is 9.90 Å². The molecule has 4 heteroatoms. The van der Waals surface area contributed by atoms with Crippen LogP contribution in [0.15, 0.2) is 70.7 Å². The molecule has 3 nitrogen and oxygen atoms in total. The summed E-state index contributed by atoms with van der Waals surface area (Å²) in [5.74, 6) is -0.901. The van der Waals surface area contributed by atoms with Crippen LogP contribution in [-0.4, -0.2) is 16.1 Å². The molecule has 0 aliphatic carbocycles. The highest BCUT2D eigenvalue weighted by Crippen LogP contribution is 2.34. The molecule has 0 aliphatic heterocycles. The van der Waals surface area contributed by atoms with Gasteiger partial charge in [-0.1, -0.05) is 36.0 Å². The number of hydrogen-bond acceptors (Lipinski definition) is 3. The highest BCUT2D eigenvalue weighted by atomic mass is 32.2. The van der Waals surface area contributed by atoms with Crippen LogP contribution in [0.5, 0.6) is 0 Å². The number of pyridine rings is 1. The Hall–Kier alpha value is -2.33. The molecule has 1 heterocycles. The first-order valence-corrected chi connectivity index (χ1v) is 6.90. The first-order valence-electron chi connectivity index (χ1n) is 6.08. The molecule has 3 rings (SSSR count). The van der Waals surface area contributed by atoms with Crippen molar-refractivity contribution in [2.75, 3.05) is 0 Å². The summed E-state index contributed by atoms with van der Waals surface area (Å²) in [6.45, 7) is 0. The average molecular weight is 281 g/mol. The lowest BCUT2D eigenvalue weighted by atomic mass is 10.0. The van der Waals surface area contributed by atoms with E-state index >= 15 is 0 Å². The quantitative estimate of drug-likeness (QED) is 0.785. The molecule has 0 saturated heterocycles. The molecule has 0 radical (unpaired) electrons. The number of aromatic carboxylic acids is 1. The van der Waals surface area contributed by atoms with Gasteiger partial charge in [0.2, 0.25) is 0 Å². The van der Waals surface area contributed by atoms with Crippen molar-refractivity contribution >= 4 is 28.5 Å². The van der Waals surface area contributed by atoms with Gasteiger partial charge in [-0.15, -0.1) is 0 Å². The van der Waals surface area contributed by atoms with Gasteiger partial charge in [-0.3, -0.25) is 4.98 Å². The lowest BCUT2D eigenvalue weighted by molar-refractivity contribution is 0.0699. The van der Waals surface area contributed by atoms with Gasteiger partial charge in [-0.05, 0) is 35.0 Å². The SMILES string of the molecule is O=C(O)c1ccc(Sc2ccncc2)c2ccccc12. The van der Waals surface area contributed by atoms with Crippen molar-refractivity contribution in [3.05, 3.63) is 66.5 Å². The van der Waals surface area contributed by atoms with Gasteiger partial charge in [0.25, 0.3) is 0 Å². The molecule has 0 aliphatic rings. The van der Waals surface area contributed by atoms with Gasteiger partial charge in [0.1, 0.15) is 0 Å². The summed E-state index contributed by atoms with van der Waals surface area (Å²) in [4.78, 5) is 17.4. The van der Waals surface area contributed by atoms with Crippen molar-refractivity contribution < 1.29 is 9.90 Å². The van der Waals surface area contributed by atoms with E-state index in [1.807, 2.05) is 42.5 Å². The minimum absolute atomic E-state index is 0.333. The normalized spacial score (nSPS) is 10.6. The van der Waals surface area contributed by atoms with E-state index in [1.165, 1.54) is 0 Å². The molecule has 0 bridgehead atoms. The van der Waals surface area contributed by atoms with Crippen molar-refractivity contribution in [1.82, 2.24) is 4.98 Å². The summed E-state index contributed by atoms with van der Waals surface area (Å²) in [5, 5.41) is 11.0. The fraction of sp³-hybridized carbons (Fsp3) is 0. The zero-order chi connectivity index (χ0) is 13.9. The smallest absolute Gasteiger partial charge is 0.336 e. The molecule has 2 aromatic carbocycles.